The Bertz CT molecular complexity index is 782. The SMILES string of the molecule is CC(C)C(C)NC(=S)C=CC=CCCCCCCOCc1cc(C(F)(F)F)cc(C(F)(F)F)c1. The van der Waals surface area contributed by atoms with Gasteiger partial charge in [-0.15, -0.1) is 0 Å². The number of alkyl halides is 6. The predicted molar refractivity (Wildman–Crippen MR) is 128 cm³/mol. The van der Waals surface area contributed by atoms with Crippen LogP contribution in [0.3, 0.4) is 0 Å². The molecule has 192 valence electrons. The summed E-state index contributed by atoms with van der Waals surface area (Å²) in [6.07, 6.45) is 2.41. The molecular weight excluding hydrogens is 476 g/mol. The normalized spacial score (nSPS) is 13.8. The van der Waals surface area contributed by atoms with E-state index in [4.69, 9.17) is 17.0 Å². The first kappa shape index (κ1) is 30.2. The molecule has 1 rings (SSSR count). The van der Waals surface area contributed by atoms with Gasteiger partial charge in [0.15, 0.2) is 0 Å². The van der Waals surface area contributed by atoms with Crippen molar-refractivity contribution >= 4 is 17.2 Å². The zero-order chi connectivity index (χ0) is 25.8. The molecule has 0 aliphatic carbocycles. The van der Waals surface area contributed by atoms with Crippen LogP contribution >= 0.6 is 12.2 Å². The average Bonchev–Trinajstić information content (AvgIpc) is 2.72. The van der Waals surface area contributed by atoms with Crippen LogP contribution in [0, 0.1) is 5.92 Å². The lowest BCUT2D eigenvalue weighted by atomic mass is 10.1. The number of halogens is 6. The number of nitrogens with one attached hydrogen (secondary N) is 1. The summed E-state index contributed by atoms with van der Waals surface area (Å²) in [5.74, 6) is 0.495. The van der Waals surface area contributed by atoms with Gasteiger partial charge in [-0.2, -0.15) is 26.3 Å². The van der Waals surface area contributed by atoms with Crippen LogP contribution in [0.15, 0.2) is 42.5 Å². The van der Waals surface area contributed by atoms with Crippen molar-refractivity contribution < 1.29 is 31.1 Å². The van der Waals surface area contributed by atoms with Crippen LogP contribution in [0.5, 0.6) is 0 Å². The van der Waals surface area contributed by atoms with Crippen molar-refractivity contribution in [3.8, 4) is 0 Å². The largest absolute Gasteiger partial charge is 0.416 e. The van der Waals surface area contributed by atoms with Gasteiger partial charge in [0.05, 0.1) is 22.7 Å². The molecule has 2 nitrogen and oxygen atoms in total. The summed E-state index contributed by atoms with van der Waals surface area (Å²) in [7, 11) is 0. The van der Waals surface area contributed by atoms with Crippen molar-refractivity contribution in [3.63, 3.8) is 0 Å². The minimum atomic E-state index is -4.85. The van der Waals surface area contributed by atoms with E-state index in [0.717, 1.165) is 25.7 Å². The topological polar surface area (TPSA) is 21.3 Å². The standard InChI is InChI=1S/C25H33F6NOS/c1-18(2)19(3)32-23(34)12-10-8-6-4-5-7-9-11-13-33-17-20-14-21(24(26,27)28)16-22(15-20)25(29,30)31/h6,8,10,12,14-16,18-19H,4-5,7,9,11,13,17H2,1-3H3,(H,32,34). The molecular formula is C25H33F6NOS. The average molecular weight is 510 g/mol. The van der Waals surface area contributed by atoms with Gasteiger partial charge in [0.1, 0.15) is 0 Å². The van der Waals surface area contributed by atoms with Gasteiger partial charge in [-0.05, 0) is 61.9 Å². The Balaban J connectivity index is 2.26. The fourth-order valence-electron chi connectivity index (χ4n) is 2.87. The molecule has 0 aliphatic rings. The van der Waals surface area contributed by atoms with Crippen LogP contribution in [-0.2, 0) is 23.7 Å². The van der Waals surface area contributed by atoms with Gasteiger partial charge < -0.3 is 10.1 Å². The van der Waals surface area contributed by atoms with Crippen molar-refractivity contribution in [1.29, 1.82) is 0 Å². The summed E-state index contributed by atoms with van der Waals surface area (Å²) >= 11 is 5.25. The molecule has 0 saturated carbocycles. The fourth-order valence-corrected chi connectivity index (χ4v) is 3.13. The highest BCUT2D eigenvalue weighted by Gasteiger charge is 2.36. The van der Waals surface area contributed by atoms with Crippen molar-refractivity contribution in [2.75, 3.05) is 6.61 Å². The lowest BCUT2D eigenvalue weighted by molar-refractivity contribution is -0.143. The number of hydrogen-bond acceptors (Lipinski definition) is 2. The maximum absolute atomic E-state index is 12.9. The molecule has 1 unspecified atom stereocenters. The molecule has 0 saturated heterocycles. The van der Waals surface area contributed by atoms with Crippen molar-refractivity contribution in [2.45, 2.75) is 77.9 Å². The van der Waals surface area contributed by atoms with E-state index in [1.54, 1.807) is 0 Å². The lowest BCUT2D eigenvalue weighted by Crippen LogP contribution is -2.33. The van der Waals surface area contributed by atoms with E-state index in [2.05, 4.69) is 26.1 Å². The van der Waals surface area contributed by atoms with Gasteiger partial charge in [0, 0.05) is 12.6 Å². The smallest absolute Gasteiger partial charge is 0.377 e. The summed E-state index contributed by atoms with van der Waals surface area (Å²) in [6, 6.07) is 1.83. The molecule has 1 aromatic carbocycles. The monoisotopic (exact) mass is 509 g/mol. The Morgan fingerprint density at radius 3 is 2.06 bits per heavy atom. The van der Waals surface area contributed by atoms with Crippen LogP contribution in [0.2, 0.25) is 0 Å². The number of allylic oxidation sites excluding steroid dienone is 3. The highest BCUT2D eigenvalue weighted by atomic mass is 32.1. The first-order valence-corrected chi connectivity index (χ1v) is 11.7. The Kier molecular flexibility index (Phi) is 12.9. The first-order valence-electron chi connectivity index (χ1n) is 11.3. The summed E-state index contributed by atoms with van der Waals surface area (Å²) in [6.45, 7) is 6.31. The van der Waals surface area contributed by atoms with Gasteiger partial charge in [0.25, 0.3) is 0 Å². The molecule has 0 aliphatic heterocycles. The van der Waals surface area contributed by atoms with Crippen LogP contribution in [-0.4, -0.2) is 17.6 Å². The summed E-state index contributed by atoms with van der Waals surface area (Å²) in [5.41, 5.74) is -2.80. The van der Waals surface area contributed by atoms with Crippen molar-refractivity contribution in [2.24, 2.45) is 5.92 Å². The number of unbranched alkanes of at least 4 members (excludes halogenated alkanes) is 4. The Hall–Kier alpha value is -1.87. The number of ether oxygens (including phenoxy) is 1. The third kappa shape index (κ3) is 12.6. The fraction of sp³-hybridized carbons (Fsp3) is 0.560. The molecule has 0 spiro atoms. The zero-order valence-corrected chi connectivity index (χ0v) is 20.5. The summed E-state index contributed by atoms with van der Waals surface area (Å²) < 4.78 is 82.6. The number of hydrogen-bond donors (Lipinski definition) is 1. The van der Waals surface area contributed by atoms with Gasteiger partial charge in [-0.25, -0.2) is 0 Å². The Labute approximate surface area is 203 Å². The molecule has 9 heteroatoms. The van der Waals surface area contributed by atoms with Crippen molar-refractivity contribution in [3.05, 3.63) is 59.2 Å². The second kappa shape index (κ2) is 14.5. The van der Waals surface area contributed by atoms with Crippen molar-refractivity contribution in [1.82, 2.24) is 5.32 Å². The molecule has 0 radical (unpaired) electrons. The first-order chi connectivity index (χ1) is 15.8. The summed E-state index contributed by atoms with van der Waals surface area (Å²) in [4.78, 5) is 0.700. The third-order valence-electron chi connectivity index (χ3n) is 5.19. The predicted octanol–water partition coefficient (Wildman–Crippen LogP) is 8.27. The molecule has 0 aromatic heterocycles. The molecule has 1 aromatic rings. The number of thiocarbonyl (C=S) groups is 1. The molecule has 0 heterocycles. The quantitative estimate of drug-likeness (QED) is 0.0951. The highest BCUT2D eigenvalue weighted by Crippen LogP contribution is 2.36. The number of rotatable bonds is 13. The summed E-state index contributed by atoms with van der Waals surface area (Å²) in [5, 5.41) is 3.24. The molecule has 0 fully saturated rings. The Morgan fingerprint density at radius 1 is 0.912 bits per heavy atom. The highest BCUT2D eigenvalue weighted by molar-refractivity contribution is 7.80. The lowest BCUT2D eigenvalue weighted by Gasteiger charge is -2.17. The molecule has 1 N–H and O–H groups in total. The maximum atomic E-state index is 12.9. The van der Waals surface area contributed by atoms with Crippen LogP contribution in [0.1, 0.15) is 69.6 Å². The third-order valence-corrected chi connectivity index (χ3v) is 5.44. The van der Waals surface area contributed by atoms with E-state index in [9.17, 15) is 26.3 Å². The van der Waals surface area contributed by atoms with E-state index in [-0.39, 0.29) is 24.8 Å². The van der Waals surface area contributed by atoms with Crippen LogP contribution < -0.4 is 5.32 Å². The van der Waals surface area contributed by atoms with E-state index in [1.165, 1.54) is 0 Å². The minimum absolute atomic E-state index is 0.117. The molecule has 0 amide bonds. The van der Waals surface area contributed by atoms with Gasteiger partial charge in [-0.1, -0.05) is 57.1 Å². The zero-order valence-electron chi connectivity index (χ0n) is 19.7. The second-order valence-electron chi connectivity index (χ2n) is 8.50. The molecule has 34 heavy (non-hydrogen) atoms. The minimum Gasteiger partial charge on any atom is -0.377 e. The maximum Gasteiger partial charge on any atom is 0.416 e. The van der Waals surface area contributed by atoms with Gasteiger partial charge >= 0.3 is 12.4 Å². The van der Waals surface area contributed by atoms with Gasteiger partial charge in [0.2, 0.25) is 0 Å². The second-order valence-corrected chi connectivity index (χ2v) is 8.94. The van der Waals surface area contributed by atoms with Gasteiger partial charge in [-0.3, -0.25) is 0 Å². The van der Waals surface area contributed by atoms with Crippen LogP contribution in [0.25, 0.3) is 0 Å². The van der Waals surface area contributed by atoms with E-state index in [1.807, 2.05) is 24.3 Å². The van der Waals surface area contributed by atoms with E-state index < -0.39 is 23.5 Å². The molecule has 1 atom stereocenters. The van der Waals surface area contributed by atoms with E-state index >= 15 is 0 Å². The molecule has 0 bridgehead atoms. The Morgan fingerprint density at radius 2 is 1.50 bits per heavy atom. The van der Waals surface area contributed by atoms with E-state index in [0.29, 0.717) is 35.5 Å². The van der Waals surface area contributed by atoms with Crippen LogP contribution in [0.4, 0.5) is 26.3 Å². The number of benzene rings is 1.